The Morgan fingerprint density at radius 2 is 2.04 bits per heavy atom. The summed E-state index contributed by atoms with van der Waals surface area (Å²) in [5.41, 5.74) is 3.74. The summed E-state index contributed by atoms with van der Waals surface area (Å²) in [6.45, 7) is 2.63. The SMILES string of the molecule is Cc1ccc2c(C(=O)NC3CC(OCc4ccccc4)C3)cnn2c1. The number of rotatable bonds is 5. The fourth-order valence-corrected chi connectivity index (χ4v) is 3.13. The molecule has 128 valence electrons. The summed E-state index contributed by atoms with van der Waals surface area (Å²) in [6.07, 6.45) is 5.49. The van der Waals surface area contributed by atoms with Gasteiger partial charge in [0.15, 0.2) is 0 Å². The van der Waals surface area contributed by atoms with E-state index in [1.54, 1.807) is 10.7 Å². The van der Waals surface area contributed by atoms with E-state index in [0.717, 1.165) is 23.9 Å². The number of nitrogens with one attached hydrogen (secondary N) is 1. The van der Waals surface area contributed by atoms with Crippen LogP contribution in [0.5, 0.6) is 0 Å². The summed E-state index contributed by atoms with van der Waals surface area (Å²) in [5.74, 6) is -0.0645. The lowest BCUT2D eigenvalue weighted by Gasteiger charge is -2.35. The van der Waals surface area contributed by atoms with E-state index in [1.807, 2.05) is 43.5 Å². The van der Waals surface area contributed by atoms with Crippen molar-refractivity contribution >= 4 is 11.4 Å². The van der Waals surface area contributed by atoms with Crippen molar-refractivity contribution in [3.05, 3.63) is 71.5 Å². The van der Waals surface area contributed by atoms with Gasteiger partial charge in [-0.1, -0.05) is 36.4 Å². The maximum Gasteiger partial charge on any atom is 0.255 e. The van der Waals surface area contributed by atoms with Crippen LogP contribution >= 0.6 is 0 Å². The fraction of sp³-hybridized carbons (Fsp3) is 0.300. The Hall–Kier alpha value is -2.66. The number of aryl methyl sites for hydroxylation is 1. The third-order valence-electron chi connectivity index (χ3n) is 4.67. The van der Waals surface area contributed by atoms with Gasteiger partial charge in [0.2, 0.25) is 0 Å². The van der Waals surface area contributed by atoms with Crippen LogP contribution in [0.2, 0.25) is 0 Å². The summed E-state index contributed by atoms with van der Waals surface area (Å²) in [5, 5.41) is 7.34. The average molecular weight is 335 g/mol. The van der Waals surface area contributed by atoms with E-state index in [1.165, 1.54) is 5.56 Å². The van der Waals surface area contributed by atoms with Crippen molar-refractivity contribution in [1.29, 1.82) is 0 Å². The predicted octanol–water partition coefficient (Wildman–Crippen LogP) is 3.12. The van der Waals surface area contributed by atoms with E-state index >= 15 is 0 Å². The molecule has 1 aliphatic rings. The third-order valence-corrected chi connectivity index (χ3v) is 4.67. The topological polar surface area (TPSA) is 55.6 Å². The van der Waals surface area contributed by atoms with Crippen LogP contribution < -0.4 is 5.32 Å². The number of hydrogen-bond acceptors (Lipinski definition) is 3. The Balaban J connectivity index is 1.29. The van der Waals surface area contributed by atoms with Gasteiger partial charge in [0.1, 0.15) is 0 Å². The highest BCUT2D eigenvalue weighted by Crippen LogP contribution is 2.25. The van der Waals surface area contributed by atoms with E-state index in [2.05, 4.69) is 22.5 Å². The van der Waals surface area contributed by atoms with Crippen LogP contribution in [0, 0.1) is 6.92 Å². The van der Waals surface area contributed by atoms with E-state index in [9.17, 15) is 4.79 Å². The van der Waals surface area contributed by atoms with Crippen molar-refractivity contribution in [3.63, 3.8) is 0 Å². The first kappa shape index (κ1) is 15.8. The smallest absolute Gasteiger partial charge is 0.255 e. The molecule has 1 saturated carbocycles. The molecule has 1 amide bonds. The molecule has 0 saturated heterocycles. The van der Waals surface area contributed by atoms with Gasteiger partial charge in [-0.3, -0.25) is 4.79 Å². The summed E-state index contributed by atoms with van der Waals surface area (Å²) in [7, 11) is 0. The van der Waals surface area contributed by atoms with Gasteiger partial charge in [0.25, 0.3) is 5.91 Å². The Bertz CT molecular complexity index is 882. The molecule has 4 rings (SSSR count). The molecule has 0 unspecified atom stereocenters. The van der Waals surface area contributed by atoms with Crippen LogP contribution in [0.4, 0.5) is 0 Å². The van der Waals surface area contributed by atoms with Crippen LogP contribution in [0.25, 0.3) is 5.52 Å². The number of pyridine rings is 1. The first-order valence-electron chi connectivity index (χ1n) is 8.59. The van der Waals surface area contributed by atoms with Crippen LogP contribution in [0.3, 0.4) is 0 Å². The number of hydrogen-bond donors (Lipinski definition) is 1. The summed E-state index contributed by atoms with van der Waals surface area (Å²) >= 11 is 0. The highest BCUT2D eigenvalue weighted by Gasteiger charge is 2.31. The lowest BCUT2D eigenvalue weighted by Crippen LogP contribution is -2.47. The number of benzene rings is 1. The summed E-state index contributed by atoms with van der Waals surface area (Å²) in [4.78, 5) is 12.5. The minimum absolute atomic E-state index is 0.0645. The molecule has 25 heavy (non-hydrogen) atoms. The molecule has 1 aliphatic carbocycles. The summed E-state index contributed by atoms with van der Waals surface area (Å²) in [6, 6.07) is 14.2. The number of nitrogens with zero attached hydrogens (tertiary/aromatic N) is 2. The molecule has 2 aromatic heterocycles. The van der Waals surface area contributed by atoms with Gasteiger partial charge in [-0.05, 0) is 37.0 Å². The molecule has 0 radical (unpaired) electrons. The molecule has 0 aliphatic heterocycles. The minimum Gasteiger partial charge on any atom is -0.373 e. The molecule has 0 spiro atoms. The molecular weight excluding hydrogens is 314 g/mol. The molecule has 0 bridgehead atoms. The molecule has 5 nitrogen and oxygen atoms in total. The van der Waals surface area contributed by atoms with E-state index < -0.39 is 0 Å². The van der Waals surface area contributed by atoms with Gasteiger partial charge in [-0.25, -0.2) is 4.52 Å². The number of amides is 1. The third kappa shape index (κ3) is 3.42. The molecule has 1 fully saturated rings. The maximum atomic E-state index is 12.5. The van der Waals surface area contributed by atoms with Crippen LogP contribution in [-0.4, -0.2) is 27.7 Å². The molecule has 3 aromatic rings. The van der Waals surface area contributed by atoms with Gasteiger partial charge >= 0.3 is 0 Å². The van der Waals surface area contributed by atoms with Gasteiger partial charge in [-0.2, -0.15) is 5.10 Å². The van der Waals surface area contributed by atoms with Gasteiger partial charge < -0.3 is 10.1 Å². The quantitative estimate of drug-likeness (QED) is 0.779. The van der Waals surface area contributed by atoms with Crippen molar-refractivity contribution in [1.82, 2.24) is 14.9 Å². The fourth-order valence-electron chi connectivity index (χ4n) is 3.13. The second kappa shape index (κ2) is 6.69. The van der Waals surface area contributed by atoms with E-state index in [0.29, 0.717) is 12.2 Å². The zero-order valence-corrected chi connectivity index (χ0v) is 14.2. The Morgan fingerprint density at radius 3 is 2.84 bits per heavy atom. The standard InChI is InChI=1S/C20H21N3O2/c1-14-7-8-19-18(11-21-23(19)12-14)20(24)22-16-9-17(10-16)25-13-15-5-3-2-4-6-15/h2-8,11-12,16-17H,9-10,13H2,1H3,(H,22,24). The second-order valence-corrected chi connectivity index (χ2v) is 6.65. The van der Waals surface area contributed by atoms with Gasteiger partial charge in [0.05, 0.1) is 30.0 Å². The number of fused-ring (bicyclic) bond motifs is 1. The summed E-state index contributed by atoms with van der Waals surface area (Å²) < 4.78 is 7.63. The Morgan fingerprint density at radius 1 is 1.24 bits per heavy atom. The molecule has 1 N–H and O–H groups in total. The van der Waals surface area contributed by atoms with Crippen molar-refractivity contribution in [2.24, 2.45) is 0 Å². The van der Waals surface area contributed by atoms with Crippen LogP contribution in [0.15, 0.2) is 54.9 Å². The normalized spacial score (nSPS) is 19.6. The van der Waals surface area contributed by atoms with Crippen molar-refractivity contribution < 1.29 is 9.53 Å². The van der Waals surface area contributed by atoms with Crippen molar-refractivity contribution in [3.8, 4) is 0 Å². The zero-order chi connectivity index (χ0) is 17.2. The average Bonchev–Trinajstić information content (AvgIpc) is 3.00. The van der Waals surface area contributed by atoms with Gasteiger partial charge in [-0.15, -0.1) is 0 Å². The lowest BCUT2D eigenvalue weighted by atomic mass is 9.89. The number of carbonyl (C=O) groups excluding carboxylic acids is 1. The number of carbonyl (C=O) groups is 1. The van der Waals surface area contributed by atoms with Gasteiger partial charge in [0, 0.05) is 12.2 Å². The first-order chi connectivity index (χ1) is 12.2. The Labute approximate surface area is 146 Å². The molecule has 5 heteroatoms. The Kier molecular flexibility index (Phi) is 4.24. The van der Waals surface area contributed by atoms with Crippen LogP contribution in [0.1, 0.15) is 34.3 Å². The molecule has 0 atom stereocenters. The number of ether oxygens (including phenoxy) is 1. The number of aromatic nitrogens is 2. The molecule has 1 aromatic carbocycles. The monoisotopic (exact) mass is 335 g/mol. The second-order valence-electron chi connectivity index (χ2n) is 6.65. The van der Waals surface area contributed by atoms with Crippen molar-refractivity contribution in [2.45, 2.75) is 38.5 Å². The highest BCUT2D eigenvalue weighted by molar-refractivity contribution is 6.00. The van der Waals surface area contributed by atoms with E-state index in [-0.39, 0.29) is 18.1 Å². The minimum atomic E-state index is -0.0645. The van der Waals surface area contributed by atoms with Crippen LogP contribution in [-0.2, 0) is 11.3 Å². The highest BCUT2D eigenvalue weighted by atomic mass is 16.5. The maximum absolute atomic E-state index is 12.5. The van der Waals surface area contributed by atoms with Crippen molar-refractivity contribution in [2.75, 3.05) is 0 Å². The first-order valence-corrected chi connectivity index (χ1v) is 8.59. The molecule has 2 heterocycles. The zero-order valence-electron chi connectivity index (χ0n) is 14.2. The lowest BCUT2D eigenvalue weighted by molar-refractivity contribution is -0.0251. The largest absolute Gasteiger partial charge is 0.373 e. The van der Waals surface area contributed by atoms with E-state index in [4.69, 9.17) is 4.74 Å². The molecular formula is C20H21N3O2. The predicted molar refractivity (Wildman–Crippen MR) is 95.4 cm³/mol.